The van der Waals surface area contributed by atoms with E-state index in [-0.39, 0.29) is 6.92 Å². The largest absolute Gasteiger partial charge is 0.473 e. The number of hydrogen-bond acceptors (Lipinski definition) is 2. The van der Waals surface area contributed by atoms with Gasteiger partial charge in [0.1, 0.15) is 6.42 Å². The van der Waals surface area contributed by atoms with Crippen LogP contribution >= 0.6 is 0 Å². The predicted molar refractivity (Wildman–Crippen MR) is 52.1 cm³/mol. The highest BCUT2D eigenvalue weighted by Gasteiger charge is 2.91. The molecule has 2 nitrogen and oxygen atoms in total. The van der Waals surface area contributed by atoms with Gasteiger partial charge in [-0.1, -0.05) is 0 Å². The molecule has 0 spiro atoms. The van der Waals surface area contributed by atoms with Crippen LogP contribution in [0.25, 0.3) is 0 Å². The third-order valence-corrected chi connectivity index (χ3v) is 2.70. The number of carbonyl (C=O) groups is 1. The van der Waals surface area contributed by atoms with Gasteiger partial charge in [0, 0.05) is 6.92 Å². The average Bonchev–Trinajstić information content (AvgIpc) is 2.32. The van der Waals surface area contributed by atoms with Gasteiger partial charge >= 0.3 is 47.9 Å². The molecule has 0 aromatic heterocycles. The topological polar surface area (TPSA) is 26.3 Å². The van der Waals surface area contributed by atoms with Crippen molar-refractivity contribution in [1.29, 1.82) is 0 Å². The minimum Gasteiger partial charge on any atom is -0.396 e. The predicted octanol–water partition coefficient (Wildman–Crippen LogP) is 5.27. The number of hydrogen-bond donors (Lipinski definition) is 0. The zero-order valence-electron chi connectivity index (χ0n) is 12.2. The lowest BCUT2D eigenvalue weighted by Gasteiger charge is -2.40. The summed E-state index contributed by atoms with van der Waals surface area (Å²) in [6.07, 6.45) is -17.5. The molecule has 0 radical (unpaired) electrons. The van der Waals surface area contributed by atoms with E-state index in [1.807, 2.05) is 0 Å². The van der Waals surface area contributed by atoms with Gasteiger partial charge in [-0.25, -0.2) is 0 Å². The van der Waals surface area contributed by atoms with Gasteiger partial charge < -0.3 is 4.74 Å². The molecule has 0 aromatic carbocycles. The number of halogens is 15. The summed E-state index contributed by atoms with van der Waals surface area (Å²) in [6, 6.07) is 0. The van der Waals surface area contributed by atoms with Gasteiger partial charge in [-0.2, -0.15) is 65.9 Å². The molecule has 0 unspecified atom stereocenters. The Bertz CT molecular complexity index is 561. The van der Waals surface area contributed by atoms with E-state index in [1.54, 1.807) is 0 Å². The van der Waals surface area contributed by atoms with Crippen molar-refractivity contribution in [3.63, 3.8) is 0 Å². The summed E-state index contributed by atoms with van der Waals surface area (Å²) in [7, 11) is 0. The normalized spacial score (nSPS) is 15.7. The maximum absolute atomic E-state index is 13.1. The summed E-state index contributed by atoms with van der Waals surface area (Å²) >= 11 is 0. The van der Waals surface area contributed by atoms with Gasteiger partial charge in [-0.05, 0) is 0 Å². The van der Waals surface area contributed by atoms with Crippen LogP contribution in [0.5, 0.6) is 0 Å². The molecule has 0 aromatic rings. The standard InChI is InChI=1S/C10H5F15O2/c1-3(26)27-10(24,25)9(22,23)8(20,21)7(18,19)6(16,17)4(11,12)2-5(13,14)15/h2H2,1H3. The number of ether oxygens (including phenoxy) is 1. The van der Waals surface area contributed by atoms with Crippen molar-refractivity contribution in [3.8, 4) is 0 Å². The Kier molecular flexibility index (Phi) is 6.11. The van der Waals surface area contributed by atoms with Gasteiger partial charge in [0.15, 0.2) is 0 Å². The van der Waals surface area contributed by atoms with Crippen LogP contribution in [0.3, 0.4) is 0 Å². The first-order valence-electron chi connectivity index (χ1n) is 5.90. The Labute approximate surface area is 138 Å². The Balaban J connectivity index is 6.33. The first-order chi connectivity index (χ1) is 11.4. The third kappa shape index (κ3) is 4.14. The van der Waals surface area contributed by atoms with Crippen molar-refractivity contribution in [2.24, 2.45) is 0 Å². The molecular formula is C10H5F15O2. The third-order valence-electron chi connectivity index (χ3n) is 2.70. The Hall–Kier alpha value is -1.58. The van der Waals surface area contributed by atoms with E-state index in [2.05, 4.69) is 4.74 Å². The summed E-state index contributed by atoms with van der Waals surface area (Å²) in [5.41, 5.74) is 0. The number of rotatable bonds is 7. The van der Waals surface area contributed by atoms with E-state index in [4.69, 9.17) is 0 Å². The summed E-state index contributed by atoms with van der Waals surface area (Å²) in [6.45, 7) is -0.133. The highest BCUT2D eigenvalue weighted by Crippen LogP contribution is 2.61. The summed E-state index contributed by atoms with van der Waals surface area (Å²) in [5.74, 6) is -41.5. The summed E-state index contributed by atoms with van der Waals surface area (Å²) in [5, 5.41) is 0. The maximum atomic E-state index is 13.1. The molecule has 0 heterocycles. The molecule has 162 valence electrons. The molecule has 17 heteroatoms. The second-order valence-corrected chi connectivity index (χ2v) is 4.90. The second-order valence-electron chi connectivity index (χ2n) is 4.90. The van der Waals surface area contributed by atoms with Gasteiger partial charge in [-0.3, -0.25) is 4.79 Å². The molecule has 0 rings (SSSR count). The molecule has 0 N–H and O–H groups in total. The van der Waals surface area contributed by atoms with Gasteiger partial charge in [0.05, 0.1) is 0 Å². The lowest BCUT2D eigenvalue weighted by atomic mass is 9.92. The van der Waals surface area contributed by atoms with Crippen LogP contribution in [0.2, 0.25) is 0 Å². The molecule has 27 heavy (non-hydrogen) atoms. The molecule has 0 aliphatic rings. The molecule has 0 aliphatic heterocycles. The van der Waals surface area contributed by atoms with Crippen LogP contribution in [0.4, 0.5) is 65.9 Å². The van der Waals surface area contributed by atoms with Crippen molar-refractivity contribution in [3.05, 3.63) is 0 Å². The zero-order valence-corrected chi connectivity index (χ0v) is 12.2. The summed E-state index contributed by atoms with van der Waals surface area (Å²) in [4.78, 5) is 10.1. The van der Waals surface area contributed by atoms with Crippen molar-refractivity contribution >= 4 is 5.97 Å². The van der Waals surface area contributed by atoms with Gasteiger partial charge in [-0.15, -0.1) is 0 Å². The lowest BCUT2D eigenvalue weighted by molar-refractivity contribution is -0.453. The first kappa shape index (κ1) is 25.4. The van der Waals surface area contributed by atoms with Crippen molar-refractivity contribution in [2.45, 2.75) is 55.2 Å². The Morgan fingerprint density at radius 3 is 1.26 bits per heavy atom. The fraction of sp³-hybridized carbons (Fsp3) is 0.900. The van der Waals surface area contributed by atoms with Crippen LogP contribution < -0.4 is 0 Å². The molecule has 0 fully saturated rings. The average molecular weight is 442 g/mol. The van der Waals surface area contributed by atoms with E-state index in [1.165, 1.54) is 0 Å². The van der Waals surface area contributed by atoms with Crippen molar-refractivity contribution < 1.29 is 75.4 Å². The van der Waals surface area contributed by atoms with Crippen LogP contribution in [0, 0.1) is 0 Å². The highest BCUT2D eigenvalue weighted by molar-refractivity contribution is 5.66. The quantitative estimate of drug-likeness (QED) is 0.397. The van der Waals surface area contributed by atoms with Crippen molar-refractivity contribution in [1.82, 2.24) is 0 Å². The molecule has 0 aliphatic carbocycles. The number of esters is 1. The van der Waals surface area contributed by atoms with Gasteiger partial charge in [0.25, 0.3) is 0 Å². The molecule has 0 saturated carbocycles. The molecule has 0 atom stereocenters. The minimum atomic E-state index is -8.16. The Morgan fingerprint density at radius 1 is 0.630 bits per heavy atom. The zero-order chi connectivity index (χ0) is 22.5. The van der Waals surface area contributed by atoms with E-state index >= 15 is 0 Å². The van der Waals surface area contributed by atoms with Crippen LogP contribution in [0.1, 0.15) is 13.3 Å². The van der Waals surface area contributed by atoms with E-state index in [0.29, 0.717) is 0 Å². The summed E-state index contributed by atoms with van der Waals surface area (Å²) < 4.78 is 193. The van der Waals surface area contributed by atoms with Crippen LogP contribution in [-0.2, 0) is 9.53 Å². The van der Waals surface area contributed by atoms with E-state index < -0.39 is 54.3 Å². The monoisotopic (exact) mass is 442 g/mol. The second kappa shape index (κ2) is 6.49. The molecule has 0 bridgehead atoms. The number of alkyl halides is 15. The lowest BCUT2D eigenvalue weighted by Crippen LogP contribution is -2.71. The van der Waals surface area contributed by atoms with E-state index in [0.717, 1.165) is 0 Å². The highest BCUT2D eigenvalue weighted by atomic mass is 19.4. The molecule has 0 saturated heterocycles. The van der Waals surface area contributed by atoms with Gasteiger partial charge in [0.2, 0.25) is 0 Å². The number of carbonyl (C=O) groups excluding carboxylic acids is 1. The molecular weight excluding hydrogens is 437 g/mol. The fourth-order valence-electron chi connectivity index (χ4n) is 1.41. The SMILES string of the molecule is CC(=O)OC(F)(F)C(F)(F)C(F)(F)C(F)(F)C(F)(F)C(F)(F)CC(F)(F)F. The Morgan fingerprint density at radius 2 is 0.963 bits per heavy atom. The first-order valence-corrected chi connectivity index (χ1v) is 5.90. The maximum Gasteiger partial charge on any atom is 0.473 e. The minimum absolute atomic E-state index is 0.133. The smallest absolute Gasteiger partial charge is 0.396 e. The van der Waals surface area contributed by atoms with Crippen LogP contribution in [-0.4, -0.2) is 47.9 Å². The van der Waals surface area contributed by atoms with E-state index in [9.17, 15) is 70.7 Å². The van der Waals surface area contributed by atoms with Crippen LogP contribution in [0.15, 0.2) is 0 Å². The fourth-order valence-corrected chi connectivity index (χ4v) is 1.41. The molecule has 0 amide bonds. The van der Waals surface area contributed by atoms with Crippen molar-refractivity contribution in [2.75, 3.05) is 0 Å².